The van der Waals surface area contributed by atoms with Gasteiger partial charge in [0.15, 0.2) is 5.52 Å². The Morgan fingerprint density at radius 2 is 1.85 bits per heavy atom. The fraction of sp³-hybridized carbons (Fsp3) is 0.100. The molecule has 0 saturated heterocycles. The average Bonchev–Trinajstić information content (AvgIpc) is 2.71. The van der Waals surface area contributed by atoms with Crippen LogP contribution in [-0.4, -0.2) is 26.6 Å². The molecule has 0 amide bonds. The Balaban J connectivity index is 1.78. The van der Waals surface area contributed by atoms with Crippen molar-refractivity contribution in [3.8, 4) is 17.1 Å². The van der Waals surface area contributed by atoms with E-state index >= 15 is 0 Å². The molecule has 0 aliphatic carbocycles. The standard InChI is InChI=1S/C20H16N4O2/c1-26-18-10-7-15(11-21-18)16-8-9-17-19(23-16)20(25)22-13-24(17)12-14-5-3-2-4-6-14/h2-11,13H,12H2,1H3. The van der Waals surface area contributed by atoms with Crippen molar-refractivity contribution in [2.45, 2.75) is 6.54 Å². The lowest BCUT2D eigenvalue weighted by atomic mass is 10.1. The van der Waals surface area contributed by atoms with Crippen molar-refractivity contribution >= 4 is 11.0 Å². The van der Waals surface area contributed by atoms with E-state index in [-0.39, 0.29) is 5.56 Å². The Hall–Kier alpha value is -3.54. The molecule has 0 atom stereocenters. The summed E-state index contributed by atoms with van der Waals surface area (Å²) in [4.78, 5) is 24.9. The van der Waals surface area contributed by atoms with E-state index in [0.717, 1.165) is 16.6 Å². The van der Waals surface area contributed by atoms with Gasteiger partial charge >= 0.3 is 0 Å². The van der Waals surface area contributed by atoms with Gasteiger partial charge in [-0.15, -0.1) is 0 Å². The highest BCUT2D eigenvalue weighted by Gasteiger charge is 2.09. The van der Waals surface area contributed by atoms with E-state index in [1.54, 1.807) is 25.7 Å². The van der Waals surface area contributed by atoms with Crippen LogP contribution >= 0.6 is 0 Å². The van der Waals surface area contributed by atoms with Crippen molar-refractivity contribution in [1.29, 1.82) is 0 Å². The van der Waals surface area contributed by atoms with Crippen LogP contribution in [0.15, 0.2) is 71.9 Å². The van der Waals surface area contributed by atoms with Crippen LogP contribution in [0.2, 0.25) is 0 Å². The third-order valence-electron chi connectivity index (χ3n) is 4.14. The molecule has 0 N–H and O–H groups in total. The predicted octanol–water partition coefficient (Wildman–Crippen LogP) is 2.91. The second kappa shape index (κ2) is 6.76. The lowest BCUT2D eigenvalue weighted by Gasteiger charge is -2.10. The number of ether oxygens (including phenoxy) is 1. The molecule has 26 heavy (non-hydrogen) atoms. The number of methoxy groups -OCH3 is 1. The van der Waals surface area contributed by atoms with Gasteiger partial charge in [0, 0.05) is 24.4 Å². The van der Waals surface area contributed by atoms with E-state index < -0.39 is 0 Å². The van der Waals surface area contributed by atoms with Crippen molar-refractivity contribution in [3.05, 3.63) is 83.0 Å². The number of hydrogen-bond acceptors (Lipinski definition) is 5. The van der Waals surface area contributed by atoms with Gasteiger partial charge in [-0.3, -0.25) is 4.79 Å². The molecule has 0 unspecified atom stereocenters. The molecule has 3 heterocycles. The van der Waals surface area contributed by atoms with Crippen molar-refractivity contribution < 1.29 is 4.74 Å². The zero-order valence-electron chi connectivity index (χ0n) is 14.2. The number of pyridine rings is 2. The van der Waals surface area contributed by atoms with Crippen LogP contribution in [0.4, 0.5) is 0 Å². The fourth-order valence-electron chi connectivity index (χ4n) is 2.81. The van der Waals surface area contributed by atoms with Crippen LogP contribution < -0.4 is 10.3 Å². The monoisotopic (exact) mass is 344 g/mol. The molecule has 0 aliphatic heterocycles. The van der Waals surface area contributed by atoms with Gasteiger partial charge in [-0.05, 0) is 23.8 Å². The molecule has 4 rings (SSSR count). The van der Waals surface area contributed by atoms with Crippen LogP contribution in [0.3, 0.4) is 0 Å². The van der Waals surface area contributed by atoms with Crippen molar-refractivity contribution in [1.82, 2.24) is 19.5 Å². The van der Waals surface area contributed by atoms with Gasteiger partial charge in [-0.25, -0.2) is 9.97 Å². The quantitative estimate of drug-likeness (QED) is 0.569. The highest BCUT2D eigenvalue weighted by atomic mass is 16.5. The second-order valence-electron chi connectivity index (χ2n) is 5.82. The van der Waals surface area contributed by atoms with E-state index in [1.165, 1.54) is 0 Å². The molecule has 0 spiro atoms. The molecular formula is C20H16N4O2. The van der Waals surface area contributed by atoms with Gasteiger partial charge in [0.05, 0.1) is 24.6 Å². The van der Waals surface area contributed by atoms with Gasteiger partial charge in [0.25, 0.3) is 5.56 Å². The first kappa shape index (κ1) is 16.0. The zero-order valence-corrected chi connectivity index (χ0v) is 14.2. The van der Waals surface area contributed by atoms with Crippen molar-refractivity contribution in [2.75, 3.05) is 7.11 Å². The fourth-order valence-corrected chi connectivity index (χ4v) is 2.81. The zero-order chi connectivity index (χ0) is 17.9. The molecule has 6 heteroatoms. The van der Waals surface area contributed by atoms with Gasteiger partial charge < -0.3 is 9.30 Å². The van der Waals surface area contributed by atoms with E-state index in [9.17, 15) is 4.79 Å². The summed E-state index contributed by atoms with van der Waals surface area (Å²) in [5.74, 6) is 0.529. The van der Waals surface area contributed by atoms with Crippen LogP contribution in [0.1, 0.15) is 5.56 Å². The molecule has 4 aromatic rings. The molecule has 0 bridgehead atoms. The third kappa shape index (κ3) is 3.04. The molecule has 0 aliphatic rings. The van der Waals surface area contributed by atoms with Crippen molar-refractivity contribution in [3.63, 3.8) is 0 Å². The molecule has 0 radical (unpaired) electrons. The Morgan fingerprint density at radius 1 is 1.00 bits per heavy atom. The van der Waals surface area contributed by atoms with Gasteiger partial charge in [-0.1, -0.05) is 30.3 Å². The Kier molecular flexibility index (Phi) is 4.15. The number of hydrogen-bond donors (Lipinski definition) is 0. The summed E-state index contributed by atoms with van der Waals surface area (Å²) < 4.78 is 7.00. The number of benzene rings is 1. The first-order chi connectivity index (χ1) is 12.7. The lowest BCUT2D eigenvalue weighted by molar-refractivity contribution is 0.398. The molecule has 128 valence electrons. The van der Waals surface area contributed by atoms with E-state index in [1.807, 2.05) is 53.1 Å². The van der Waals surface area contributed by atoms with E-state index in [2.05, 4.69) is 15.0 Å². The summed E-state index contributed by atoms with van der Waals surface area (Å²) in [7, 11) is 1.57. The summed E-state index contributed by atoms with van der Waals surface area (Å²) in [5, 5.41) is 0. The Labute approximate surface area is 149 Å². The van der Waals surface area contributed by atoms with Crippen LogP contribution in [-0.2, 0) is 6.54 Å². The molecule has 1 aromatic carbocycles. The van der Waals surface area contributed by atoms with E-state index in [0.29, 0.717) is 23.6 Å². The minimum Gasteiger partial charge on any atom is -0.481 e. The van der Waals surface area contributed by atoms with Gasteiger partial charge in [0.2, 0.25) is 5.88 Å². The number of nitrogens with zero attached hydrogens (tertiary/aromatic N) is 4. The molecule has 0 saturated carbocycles. The summed E-state index contributed by atoms with van der Waals surface area (Å²) in [6.45, 7) is 0.621. The molecule has 3 aromatic heterocycles. The Bertz CT molecular complexity index is 1110. The first-order valence-electron chi connectivity index (χ1n) is 8.15. The number of fused-ring (bicyclic) bond motifs is 1. The largest absolute Gasteiger partial charge is 0.481 e. The normalized spacial score (nSPS) is 10.8. The summed E-state index contributed by atoms with van der Waals surface area (Å²) >= 11 is 0. The minimum atomic E-state index is -0.340. The minimum absolute atomic E-state index is 0.340. The molecular weight excluding hydrogens is 328 g/mol. The summed E-state index contributed by atoms with van der Waals surface area (Å²) in [6.07, 6.45) is 3.24. The Morgan fingerprint density at radius 3 is 2.58 bits per heavy atom. The highest BCUT2D eigenvalue weighted by Crippen LogP contribution is 2.20. The highest BCUT2D eigenvalue weighted by molar-refractivity contribution is 5.77. The number of aromatic nitrogens is 4. The van der Waals surface area contributed by atoms with E-state index in [4.69, 9.17) is 4.74 Å². The molecule has 6 nitrogen and oxygen atoms in total. The maximum absolute atomic E-state index is 12.2. The maximum atomic E-state index is 12.2. The SMILES string of the molecule is COc1ccc(-c2ccc3c(n2)c(=O)ncn3Cc2ccccc2)cn1. The summed E-state index contributed by atoms with van der Waals surface area (Å²) in [6, 6.07) is 17.4. The topological polar surface area (TPSA) is 69.9 Å². The smallest absolute Gasteiger partial charge is 0.299 e. The van der Waals surface area contributed by atoms with Gasteiger partial charge in [0.1, 0.15) is 0 Å². The second-order valence-corrected chi connectivity index (χ2v) is 5.82. The predicted molar refractivity (Wildman–Crippen MR) is 99.1 cm³/mol. The van der Waals surface area contributed by atoms with Crippen LogP contribution in [0.5, 0.6) is 5.88 Å². The maximum Gasteiger partial charge on any atom is 0.299 e. The van der Waals surface area contributed by atoms with Crippen LogP contribution in [0, 0.1) is 0 Å². The van der Waals surface area contributed by atoms with Crippen molar-refractivity contribution in [2.24, 2.45) is 0 Å². The number of rotatable bonds is 4. The average molecular weight is 344 g/mol. The van der Waals surface area contributed by atoms with Crippen LogP contribution in [0.25, 0.3) is 22.3 Å². The third-order valence-corrected chi connectivity index (χ3v) is 4.14. The lowest BCUT2D eigenvalue weighted by Crippen LogP contribution is -2.14. The molecule has 0 fully saturated rings. The van der Waals surface area contributed by atoms with Gasteiger partial charge in [-0.2, -0.15) is 4.98 Å². The summed E-state index contributed by atoms with van der Waals surface area (Å²) in [5.41, 5.74) is 3.36. The first-order valence-corrected chi connectivity index (χ1v) is 8.15.